The second-order valence-corrected chi connectivity index (χ2v) is 6.39. The first-order chi connectivity index (χ1) is 10.2. The largest absolute Gasteiger partial charge is 0.494 e. The standard InChI is InChI=1S/C14H15BF6O2/c1-11(2)12(3,4)23-15(22-11)8-5-6-9(13(16,17)18)10(7-8)14(19,20)21/h5-7H,1-4H3. The summed E-state index contributed by atoms with van der Waals surface area (Å²) in [5.41, 5.74) is -5.20. The van der Waals surface area contributed by atoms with Gasteiger partial charge in [0.05, 0.1) is 22.3 Å². The number of rotatable bonds is 1. The van der Waals surface area contributed by atoms with Crippen LogP contribution in [0.1, 0.15) is 38.8 Å². The maximum absolute atomic E-state index is 13.0. The lowest BCUT2D eigenvalue weighted by Crippen LogP contribution is -2.41. The van der Waals surface area contributed by atoms with Crippen LogP contribution in [0.2, 0.25) is 0 Å². The van der Waals surface area contributed by atoms with Gasteiger partial charge in [-0.2, -0.15) is 26.3 Å². The zero-order chi connectivity index (χ0) is 17.8. The van der Waals surface area contributed by atoms with E-state index >= 15 is 0 Å². The predicted molar refractivity (Wildman–Crippen MR) is 72.2 cm³/mol. The first kappa shape index (κ1) is 18.1. The van der Waals surface area contributed by atoms with E-state index in [1.165, 1.54) is 0 Å². The lowest BCUT2D eigenvalue weighted by molar-refractivity contribution is -0.162. The van der Waals surface area contributed by atoms with Crippen LogP contribution in [0.4, 0.5) is 26.3 Å². The summed E-state index contributed by atoms with van der Waals surface area (Å²) in [6.45, 7) is 6.78. The normalized spacial score (nSPS) is 20.9. The quantitative estimate of drug-likeness (QED) is 0.568. The molecule has 128 valence electrons. The molecule has 1 fully saturated rings. The Hall–Kier alpha value is -1.22. The van der Waals surface area contributed by atoms with Gasteiger partial charge in [0.1, 0.15) is 0 Å². The van der Waals surface area contributed by atoms with Crippen molar-refractivity contribution < 1.29 is 35.7 Å². The van der Waals surface area contributed by atoms with Gasteiger partial charge in [-0.25, -0.2) is 0 Å². The Labute approximate surface area is 129 Å². The van der Waals surface area contributed by atoms with E-state index in [4.69, 9.17) is 9.31 Å². The van der Waals surface area contributed by atoms with Gasteiger partial charge in [-0.05, 0) is 45.3 Å². The topological polar surface area (TPSA) is 18.5 Å². The molecule has 1 aromatic rings. The Morgan fingerprint density at radius 3 is 1.61 bits per heavy atom. The van der Waals surface area contributed by atoms with Gasteiger partial charge in [0.15, 0.2) is 0 Å². The molecule has 1 heterocycles. The molecule has 0 radical (unpaired) electrons. The molecule has 0 N–H and O–H groups in total. The van der Waals surface area contributed by atoms with E-state index in [-0.39, 0.29) is 5.46 Å². The third-order valence-corrected chi connectivity index (χ3v) is 4.18. The van der Waals surface area contributed by atoms with E-state index in [1.54, 1.807) is 27.7 Å². The lowest BCUT2D eigenvalue weighted by Gasteiger charge is -2.32. The summed E-state index contributed by atoms with van der Waals surface area (Å²) < 4.78 is 88.4. The molecule has 0 saturated carbocycles. The van der Waals surface area contributed by atoms with Crippen molar-refractivity contribution in [1.29, 1.82) is 0 Å². The summed E-state index contributed by atoms with van der Waals surface area (Å²) in [5, 5.41) is 0. The van der Waals surface area contributed by atoms with Crippen LogP contribution in [0.5, 0.6) is 0 Å². The molecule has 0 spiro atoms. The number of benzene rings is 1. The minimum atomic E-state index is -5.13. The van der Waals surface area contributed by atoms with Gasteiger partial charge in [0, 0.05) is 0 Å². The summed E-state index contributed by atoms with van der Waals surface area (Å²) >= 11 is 0. The van der Waals surface area contributed by atoms with Crippen molar-refractivity contribution in [2.75, 3.05) is 0 Å². The predicted octanol–water partition coefficient (Wildman–Crippen LogP) is 4.02. The fourth-order valence-electron chi connectivity index (χ4n) is 2.17. The van der Waals surface area contributed by atoms with Crippen LogP contribution in [0.25, 0.3) is 0 Å². The van der Waals surface area contributed by atoms with Crippen LogP contribution < -0.4 is 5.46 Å². The summed E-state index contributed by atoms with van der Waals surface area (Å²) in [6, 6.07) is 1.79. The minimum Gasteiger partial charge on any atom is -0.399 e. The van der Waals surface area contributed by atoms with Crippen LogP contribution in [0.3, 0.4) is 0 Å². The van der Waals surface area contributed by atoms with Crippen molar-refractivity contribution in [3.8, 4) is 0 Å². The maximum Gasteiger partial charge on any atom is 0.494 e. The highest BCUT2D eigenvalue weighted by Gasteiger charge is 2.52. The average Bonchev–Trinajstić information content (AvgIpc) is 2.55. The second kappa shape index (κ2) is 5.14. The Morgan fingerprint density at radius 1 is 0.783 bits per heavy atom. The van der Waals surface area contributed by atoms with Gasteiger partial charge in [-0.1, -0.05) is 6.07 Å². The highest BCUT2D eigenvalue weighted by atomic mass is 19.4. The van der Waals surface area contributed by atoms with Gasteiger partial charge >= 0.3 is 19.5 Å². The fourth-order valence-corrected chi connectivity index (χ4v) is 2.17. The molecule has 1 aromatic carbocycles. The summed E-state index contributed by atoms with van der Waals surface area (Å²) in [4.78, 5) is 0. The minimum absolute atomic E-state index is 0.107. The van der Waals surface area contributed by atoms with Crippen molar-refractivity contribution in [2.24, 2.45) is 0 Å². The summed E-state index contributed by atoms with van der Waals surface area (Å²) in [7, 11) is -1.16. The van der Waals surface area contributed by atoms with E-state index in [0.29, 0.717) is 12.1 Å². The molecule has 0 aliphatic carbocycles. The molecule has 0 aromatic heterocycles. The Kier molecular flexibility index (Phi) is 4.05. The van der Waals surface area contributed by atoms with Gasteiger partial charge in [0.2, 0.25) is 0 Å². The van der Waals surface area contributed by atoms with Gasteiger partial charge < -0.3 is 9.31 Å². The molecule has 2 rings (SSSR count). The molecule has 1 saturated heterocycles. The van der Waals surface area contributed by atoms with E-state index < -0.39 is 41.8 Å². The number of hydrogen-bond acceptors (Lipinski definition) is 2. The highest BCUT2D eigenvalue weighted by molar-refractivity contribution is 6.62. The maximum atomic E-state index is 13.0. The van der Waals surface area contributed by atoms with Gasteiger partial charge in [-0.3, -0.25) is 0 Å². The first-order valence-electron chi connectivity index (χ1n) is 6.79. The number of halogens is 6. The molecule has 23 heavy (non-hydrogen) atoms. The molecule has 9 heteroatoms. The molecule has 0 unspecified atom stereocenters. The monoisotopic (exact) mass is 340 g/mol. The molecule has 0 amide bonds. The molecule has 0 atom stereocenters. The third kappa shape index (κ3) is 3.35. The van der Waals surface area contributed by atoms with Crippen LogP contribution in [-0.4, -0.2) is 18.3 Å². The van der Waals surface area contributed by atoms with Crippen LogP contribution >= 0.6 is 0 Å². The van der Waals surface area contributed by atoms with E-state index in [2.05, 4.69) is 0 Å². The Morgan fingerprint density at radius 2 is 1.22 bits per heavy atom. The van der Waals surface area contributed by atoms with Crippen molar-refractivity contribution in [1.82, 2.24) is 0 Å². The number of hydrogen-bond donors (Lipinski definition) is 0. The third-order valence-electron chi connectivity index (χ3n) is 4.18. The van der Waals surface area contributed by atoms with Crippen LogP contribution in [0.15, 0.2) is 18.2 Å². The van der Waals surface area contributed by atoms with Crippen LogP contribution in [-0.2, 0) is 21.7 Å². The molecule has 1 aliphatic rings. The second-order valence-electron chi connectivity index (χ2n) is 6.39. The zero-order valence-electron chi connectivity index (χ0n) is 12.9. The summed E-state index contributed by atoms with van der Waals surface area (Å²) in [5.74, 6) is 0. The smallest absolute Gasteiger partial charge is 0.399 e. The SMILES string of the molecule is CC1(C)OB(c2ccc(C(F)(F)F)c(C(F)(F)F)c2)OC1(C)C. The van der Waals surface area contributed by atoms with Crippen LogP contribution in [0, 0.1) is 0 Å². The Balaban J connectivity index is 2.48. The van der Waals surface area contributed by atoms with E-state index in [0.717, 1.165) is 6.07 Å². The van der Waals surface area contributed by atoms with Gasteiger partial charge in [-0.15, -0.1) is 0 Å². The van der Waals surface area contributed by atoms with Gasteiger partial charge in [0.25, 0.3) is 0 Å². The summed E-state index contributed by atoms with van der Waals surface area (Å²) in [6.07, 6.45) is -10.2. The molecule has 1 aliphatic heterocycles. The lowest BCUT2D eigenvalue weighted by atomic mass is 9.77. The van der Waals surface area contributed by atoms with E-state index in [1.807, 2.05) is 0 Å². The molecule has 0 bridgehead atoms. The first-order valence-corrected chi connectivity index (χ1v) is 6.79. The number of alkyl halides is 6. The molecular formula is C14H15BF6O2. The van der Waals surface area contributed by atoms with Crippen molar-refractivity contribution in [2.45, 2.75) is 51.2 Å². The molecule has 2 nitrogen and oxygen atoms in total. The van der Waals surface area contributed by atoms with Crippen molar-refractivity contribution in [3.05, 3.63) is 29.3 Å². The average molecular weight is 340 g/mol. The molecular weight excluding hydrogens is 325 g/mol. The Bertz CT molecular complexity index is 590. The van der Waals surface area contributed by atoms with E-state index in [9.17, 15) is 26.3 Å². The zero-order valence-corrected chi connectivity index (χ0v) is 12.9. The fraction of sp³-hybridized carbons (Fsp3) is 0.571. The van der Waals surface area contributed by atoms with Crippen molar-refractivity contribution >= 4 is 12.6 Å². The highest BCUT2D eigenvalue weighted by Crippen LogP contribution is 2.41. The van der Waals surface area contributed by atoms with Crippen molar-refractivity contribution in [3.63, 3.8) is 0 Å².